The molecule has 0 bridgehead atoms. The van der Waals surface area contributed by atoms with E-state index in [0.29, 0.717) is 16.4 Å². The topological polar surface area (TPSA) is 79.3 Å². The highest BCUT2D eigenvalue weighted by Crippen LogP contribution is 2.17. The molecule has 0 radical (unpaired) electrons. The number of hydrogen-bond acceptors (Lipinski definition) is 5. The summed E-state index contributed by atoms with van der Waals surface area (Å²) in [5.41, 5.74) is 0.749. The summed E-state index contributed by atoms with van der Waals surface area (Å²) in [4.78, 5) is 0. The van der Waals surface area contributed by atoms with Crippen molar-refractivity contribution in [2.24, 2.45) is 5.10 Å². The summed E-state index contributed by atoms with van der Waals surface area (Å²) in [6.07, 6.45) is 3.13. The molecule has 1 aromatic carbocycles. The molecule has 6 nitrogen and oxygen atoms in total. The molecule has 100 valence electrons. The fraction of sp³-hybridized carbons (Fsp3) is 0. The van der Waals surface area contributed by atoms with E-state index in [2.05, 4.69) is 15.3 Å². The Bertz CT molecular complexity index is 802. The molecule has 0 spiro atoms. The van der Waals surface area contributed by atoms with Gasteiger partial charge in [0, 0.05) is 0 Å². The zero-order chi connectivity index (χ0) is 13.9. The molecule has 3 rings (SSSR count). The Labute approximate surface area is 119 Å². The maximum Gasteiger partial charge on any atom is 0.219 e. The van der Waals surface area contributed by atoms with Crippen molar-refractivity contribution in [2.45, 2.75) is 0 Å². The molecule has 7 heteroatoms. The Hall–Kier alpha value is -2.67. The van der Waals surface area contributed by atoms with Crippen LogP contribution in [0.25, 0.3) is 11.6 Å². The first-order valence-corrected chi connectivity index (χ1v) is 6.19. The highest BCUT2D eigenvalue weighted by atomic mass is 32.1. The maximum absolute atomic E-state index is 9.41. The Morgan fingerprint density at radius 1 is 1.35 bits per heavy atom. The lowest BCUT2D eigenvalue weighted by atomic mass is 10.2. The third-order valence-electron chi connectivity index (χ3n) is 2.58. The number of H-pyrrole nitrogens is 1. The molecule has 0 atom stereocenters. The first-order valence-electron chi connectivity index (χ1n) is 5.79. The predicted octanol–water partition coefficient (Wildman–Crippen LogP) is 2.79. The SMILES string of the molecule is Oc1cccc(/C=N/n2c(-c3ccco3)n[nH]c2=S)c1. The minimum absolute atomic E-state index is 0.177. The first kappa shape index (κ1) is 12.4. The molecule has 2 aromatic heterocycles. The molecule has 0 aliphatic carbocycles. The van der Waals surface area contributed by atoms with E-state index >= 15 is 0 Å². The number of phenolic OH excluding ortho intramolecular Hbond substituents is 1. The van der Waals surface area contributed by atoms with E-state index in [-0.39, 0.29) is 5.75 Å². The highest BCUT2D eigenvalue weighted by Gasteiger charge is 2.10. The van der Waals surface area contributed by atoms with Crippen LogP contribution in [0.2, 0.25) is 0 Å². The fourth-order valence-corrected chi connectivity index (χ4v) is 1.87. The van der Waals surface area contributed by atoms with E-state index in [1.807, 2.05) is 6.07 Å². The zero-order valence-corrected chi connectivity index (χ0v) is 11.0. The summed E-state index contributed by atoms with van der Waals surface area (Å²) < 4.78 is 7.09. The number of phenols is 1. The van der Waals surface area contributed by atoms with Gasteiger partial charge in [0.2, 0.25) is 10.6 Å². The van der Waals surface area contributed by atoms with Crippen LogP contribution >= 0.6 is 12.2 Å². The number of furan rings is 1. The van der Waals surface area contributed by atoms with Crippen LogP contribution in [-0.4, -0.2) is 26.2 Å². The van der Waals surface area contributed by atoms with Crippen LogP contribution in [0.15, 0.2) is 52.2 Å². The number of aromatic amines is 1. The van der Waals surface area contributed by atoms with Gasteiger partial charge in [0.15, 0.2) is 5.76 Å². The third-order valence-corrected chi connectivity index (χ3v) is 2.85. The molecule has 0 saturated heterocycles. The molecule has 0 aliphatic heterocycles. The van der Waals surface area contributed by atoms with Gasteiger partial charge in [-0.05, 0) is 42.0 Å². The predicted molar refractivity (Wildman–Crippen MR) is 76.2 cm³/mol. The normalized spacial score (nSPS) is 11.2. The van der Waals surface area contributed by atoms with Gasteiger partial charge >= 0.3 is 0 Å². The molecule has 0 amide bonds. The van der Waals surface area contributed by atoms with Crippen molar-refractivity contribution >= 4 is 18.4 Å². The smallest absolute Gasteiger partial charge is 0.219 e. The quantitative estimate of drug-likeness (QED) is 0.573. The summed E-state index contributed by atoms with van der Waals surface area (Å²) >= 11 is 5.13. The van der Waals surface area contributed by atoms with Crippen molar-refractivity contribution in [3.63, 3.8) is 0 Å². The summed E-state index contributed by atoms with van der Waals surface area (Å²) in [5, 5.41) is 20.4. The molecule has 0 aliphatic rings. The first-order chi connectivity index (χ1) is 9.74. The molecule has 3 aromatic rings. The zero-order valence-electron chi connectivity index (χ0n) is 10.2. The number of aromatic hydroxyl groups is 1. The van der Waals surface area contributed by atoms with Crippen molar-refractivity contribution in [3.05, 3.63) is 53.0 Å². The number of rotatable bonds is 3. The van der Waals surface area contributed by atoms with Crippen LogP contribution in [0, 0.1) is 4.77 Å². The molecular weight excluding hydrogens is 276 g/mol. The summed E-state index contributed by atoms with van der Waals surface area (Å²) in [7, 11) is 0. The fourth-order valence-electron chi connectivity index (χ4n) is 1.69. The minimum Gasteiger partial charge on any atom is -0.508 e. The van der Waals surface area contributed by atoms with Gasteiger partial charge in [0.25, 0.3) is 0 Å². The van der Waals surface area contributed by atoms with E-state index in [9.17, 15) is 5.11 Å². The van der Waals surface area contributed by atoms with E-state index in [1.54, 1.807) is 42.8 Å². The van der Waals surface area contributed by atoms with E-state index in [0.717, 1.165) is 5.56 Å². The second kappa shape index (κ2) is 5.14. The number of nitrogens with one attached hydrogen (secondary N) is 1. The van der Waals surface area contributed by atoms with Crippen LogP contribution in [0.1, 0.15) is 5.56 Å². The van der Waals surface area contributed by atoms with E-state index < -0.39 is 0 Å². The summed E-state index contributed by atoms with van der Waals surface area (Å²) in [6.45, 7) is 0. The van der Waals surface area contributed by atoms with Crippen molar-refractivity contribution in [3.8, 4) is 17.3 Å². The lowest BCUT2D eigenvalue weighted by Gasteiger charge is -1.98. The largest absolute Gasteiger partial charge is 0.508 e. The van der Waals surface area contributed by atoms with E-state index in [1.165, 1.54) is 4.68 Å². The van der Waals surface area contributed by atoms with Gasteiger partial charge in [-0.15, -0.1) is 5.10 Å². The maximum atomic E-state index is 9.41. The molecule has 2 N–H and O–H groups in total. The molecule has 0 fully saturated rings. The van der Waals surface area contributed by atoms with E-state index in [4.69, 9.17) is 16.6 Å². The molecular formula is C13H10N4O2S. The Morgan fingerprint density at radius 2 is 2.25 bits per heavy atom. The lowest BCUT2D eigenvalue weighted by molar-refractivity contribution is 0.475. The molecule has 2 heterocycles. The average Bonchev–Trinajstić information content (AvgIpc) is 3.06. The number of aromatic nitrogens is 3. The minimum atomic E-state index is 0.177. The molecule has 20 heavy (non-hydrogen) atoms. The summed E-state index contributed by atoms with van der Waals surface area (Å²) in [6, 6.07) is 10.3. The van der Waals surface area contributed by atoms with Crippen LogP contribution in [0.5, 0.6) is 5.75 Å². The number of hydrogen-bond donors (Lipinski definition) is 2. The number of nitrogens with zero attached hydrogens (tertiary/aromatic N) is 3. The Kier molecular flexibility index (Phi) is 3.18. The molecule has 0 unspecified atom stereocenters. The van der Waals surface area contributed by atoms with Gasteiger partial charge in [0.05, 0.1) is 12.5 Å². The average molecular weight is 286 g/mol. The van der Waals surface area contributed by atoms with Gasteiger partial charge in [-0.25, -0.2) is 5.10 Å². The second-order valence-electron chi connectivity index (χ2n) is 3.98. The third kappa shape index (κ3) is 2.39. The standard InChI is InChI=1S/C13H10N4O2S/c18-10-4-1-3-9(7-10)8-14-17-12(15-16-13(17)20)11-5-2-6-19-11/h1-8,18H,(H,16,20)/b14-8+. The summed E-state index contributed by atoms with van der Waals surface area (Å²) in [5.74, 6) is 1.22. The lowest BCUT2D eigenvalue weighted by Crippen LogP contribution is -1.94. The Morgan fingerprint density at radius 3 is 3.00 bits per heavy atom. The van der Waals surface area contributed by atoms with Crippen LogP contribution in [0.4, 0.5) is 0 Å². The second-order valence-corrected chi connectivity index (χ2v) is 4.37. The van der Waals surface area contributed by atoms with Crippen LogP contribution in [0.3, 0.4) is 0 Å². The van der Waals surface area contributed by atoms with Gasteiger partial charge in [-0.2, -0.15) is 9.78 Å². The highest BCUT2D eigenvalue weighted by molar-refractivity contribution is 7.71. The van der Waals surface area contributed by atoms with Gasteiger partial charge in [0.1, 0.15) is 5.75 Å². The van der Waals surface area contributed by atoms with Crippen LogP contribution < -0.4 is 0 Å². The van der Waals surface area contributed by atoms with Gasteiger partial charge in [-0.1, -0.05) is 12.1 Å². The van der Waals surface area contributed by atoms with Crippen LogP contribution in [-0.2, 0) is 0 Å². The van der Waals surface area contributed by atoms with Crippen molar-refractivity contribution in [1.29, 1.82) is 0 Å². The van der Waals surface area contributed by atoms with Crippen molar-refractivity contribution in [2.75, 3.05) is 0 Å². The molecule has 0 saturated carbocycles. The van der Waals surface area contributed by atoms with Gasteiger partial charge in [-0.3, -0.25) is 0 Å². The van der Waals surface area contributed by atoms with Crippen molar-refractivity contribution in [1.82, 2.24) is 14.9 Å². The monoisotopic (exact) mass is 286 g/mol. The number of benzene rings is 1. The van der Waals surface area contributed by atoms with Gasteiger partial charge < -0.3 is 9.52 Å². The Balaban J connectivity index is 1.99. The van der Waals surface area contributed by atoms with Crippen molar-refractivity contribution < 1.29 is 9.52 Å².